The van der Waals surface area contributed by atoms with Crippen LogP contribution in [-0.4, -0.2) is 24.0 Å². The summed E-state index contributed by atoms with van der Waals surface area (Å²) in [5.74, 6) is 0.384. The molecular formula is C25H20ClN3O5. The van der Waals surface area contributed by atoms with Crippen molar-refractivity contribution in [2.45, 2.75) is 6.92 Å². The number of nitro groups is 1. The highest BCUT2D eigenvalue weighted by Crippen LogP contribution is 2.31. The molecule has 3 aromatic carbocycles. The van der Waals surface area contributed by atoms with Gasteiger partial charge in [-0.2, -0.15) is 5.26 Å². The van der Waals surface area contributed by atoms with E-state index in [-0.39, 0.29) is 18.2 Å². The summed E-state index contributed by atoms with van der Waals surface area (Å²) >= 11 is 6.05. The van der Waals surface area contributed by atoms with Gasteiger partial charge in [0.2, 0.25) is 0 Å². The predicted octanol–water partition coefficient (Wildman–Crippen LogP) is 5.73. The second kappa shape index (κ2) is 11.5. The zero-order valence-corrected chi connectivity index (χ0v) is 18.9. The third-order valence-corrected chi connectivity index (χ3v) is 4.92. The minimum atomic E-state index is -0.499. The number of para-hydroxylation sites is 1. The van der Waals surface area contributed by atoms with E-state index in [0.717, 1.165) is 0 Å². The molecule has 3 aromatic rings. The molecule has 0 unspecified atom stereocenters. The molecule has 0 aliphatic carbocycles. The average molecular weight is 478 g/mol. The van der Waals surface area contributed by atoms with Gasteiger partial charge in [0.25, 0.3) is 11.6 Å². The van der Waals surface area contributed by atoms with E-state index < -0.39 is 4.92 Å². The van der Waals surface area contributed by atoms with Gasteiger partial charge >= 0.3 is 0 Å². The Labute approximate surface area is 201 Å². The number of hydrogen-bond donors (Lipinski definition) is 1. The zero-order chi connectivity index (χ0) is 24.5. The van der Waals surface area contributed by atoms with Gasteiger partial charge in [0, 0.05) is 12.1 Å². The lowest BCUT2D eigenvalue weighted by atomic mass is 10.0. The number of carbonyl (C=O) groups is 1. The summed E-state index contributed by atoms with van der Waals surface area (Å²) in [4.78, 5) is 22.6. The van der Waals surface area contributed by atoms with E-state index >= 15 is 0 Å². The Morgan fingerprint density at radius 1 is 1.12 bits per heavy atom. The molecule has 0 bridgehead atoms. The fraction of sp³-hybridized carbons (Fsp3) is 0.120. The third-order valence-electron chi connectivity index (χ3n) is 4.59. The number of rotatable bonds is 9. The Balaban J connectivity index is 1.76. The van der Waals surface area contributed by atoms with Gasteiger partial charge in [-0.1, -0.05) is 29.8 Å². The minimum Gasteiger partial charge on any atom is -0.490 e. The van der Waals surface area contributed by atoms with E-state index in [1.807, 2.05) is 6.92 Å². The second-order valence-corrected chi connectivity index (χ2v) is 7.34. The van der Waals surface area contributed by atoms with Crippen LogP contribution in [0.4, 0.5) is 11.4 Å². The lowest BCUT2D eigenvalue weighted by Crippen LogP contribution is -2.20. The summed E-state index contributed by atoms with van der Waals surface area (Å²) in [6, 6.07) is 19.8. The second-order valence-electron chi connectivity index (χ2n) is 6.93. The first-order valence-electron chi connectivity index (χ1n) is 10.2. The first-order chi connectivity index (χ1) is 16.4. The molecule has 1 amide bonds. The van der Waals surface area contributed by atoms with Crippen molar-refractivity contribution in [3.05, 3.63) is 93.0 Å². The van der Waals surface area contributed by atoms with Crippen LogP contribution >= 0.6 is 11.6 Å². The van der Waals surface area contributed by atoms with E-state index in [4.69, 9.17) is 21.1 Å². The van der Waals surface area contributed by atoms with Gasteiger partial charge in [-0.05, 0) is 60.5 Å². The van der Waals surface area contributed by atoms with Crippen molar-refractivity contribution in [1.29, 1.82) is 5.26 Å². The van der Waals surface area contributed by atoms with Gasteiger partial charge in [-0.25, -0.2) is 0 Å². The van der Waals surface area contributed by atoms with Gasteiger partial charge in [-0.3, -0.25) is 14.9 Å². The molecule has 3 rings (SSSR count). The number of non-ortho nitro benzene ring substituents is 1. The summed E-state index contributed by atoms with van der Waals surface area (Å²) in [7, 11) is 0. The smallest absolute Gasteiger partial charge is 0.269 e. The van der Waals surface area contributed by atoms with Crippen LogP contribution in [0.3, 0.4) is 0 Å². The molecule has 0 aromatic heterocycles. The molecule has 8 nitrogen and oxygen atoms in total. The first-order valence-corrected chi connectivity index (χ1v) is 10.6. The van der Waals surface area contributed by atoms with E-state index in [1.54, 1.807) is 48.5 Å². The number of nitro benzene ring substituents is 1. The highest BCUT2D eigenvalue weighted by molar-refractivity contribution is 6.33. The fourth-order valence-electron chi connectivity index (χ4n) is 3.00. The number of carbonyl (C=O) groups excluding carboxylic acids is 1. The molecule has 0 fully saturated rings. The van der Waals surface area contributed by atoms with Gasteiger partial charge in [0.1, 0.15) is 0 Å². The number of allylic oxidation sites excluding steroid dienone is 1. The standard InChI is InChI=1S/C25H20ClN3O5/c1-2-33-24-14-17(13-19(15-27)18-8-10-20(11-9-18)29(31)32)7-12-23(24)34-16-25(30)28-22-6-4-3-5-21(22)26/h3-14H,2,16H2,1H3,(H,28,30)/b19-13+. The summed E-state index contributed by atoms with van der Waals surface area (Å²) in [6.45, 7) is 1.92. The van der Waals surface area contributed by atoms with Crippen LogP contribution in [0.25, 0.3) is 11.6 Å². The fourth-order valence-corrected chi connectivity index (χ4v) is 3.19. The quantitative estimate of drug-likeness (QED) is 0.182. The van der Waals surface area contributed by atoms with Crippen LogP contribution in [0.5, 0.6) is 11.5 Å². The highest BCUT2D eigenvalue weighted by atomic mass is 35.5. The van der Waals surface area contributed by atoms with Crippen LogP contribution in [0.1, 0.15) is 18.1 Å². The molecule has 0 saturated heterocycles. The maximum Gasteiger partial charge on any atom is 0.269 e. The Bertz CT molecular complexity index is 1270. The Hall–Kier alpha value is -4.35. The number of hydrogen-bond acceptors (Lipinski definition) is 6. The number of nitriles is 1. The summed E-state index contributed by atoms with van der Waals surface area (Å²) in [5, 5.41) is 23.5. The first kappa shape index (κ1) is 24.3. The van der Waals surface area contributed by atoms with Gasteiger partial charge in [-0.15, -0.1) is 0 Å². The number of nitrogens with one attached hydrogen (secondary N) is 1. The molecule has 0 spiro atoms. The molecule has 0 aliphatic rings. The Morgan fingerprint density at radius 2 is 1.85 bits per heavy atom. The summed E-state index contributed by atoms with van der Waals surface area (Å²) in [5.41, 5.74) is 1.96. The number of halogens is 1. The molecule has 0 heterocycles. The van der Waals surface area contributed by atoms with E-state index in [9.17, 15) is 20.2 Å². The largest absolute Gasteiger partial charge is 0.490 e. The molecule has 0 radical (unpaired) electrons. The Kier molecular flexibility index (Phi) is 8.21. The number of benzene rings is 3. The van der Waals surface area contributed by atoms with Crippen LogP contribution in [-0.2, 0) is 4.79 Å². The lowest BCUT2D eigenvalue weighted by Gasteiger charge is -2.13. The maximum absolute atomic E-state index is 12.3. The van der Waals surface area contributed by atoms with Gasteiger partial charge in [0.05, 0.1) is 33.9 Å². The average Bonchev–Trinajstić information content (AvgIpc) is 2.83. The van der Waals surface area contributed by atoms with Gasteiger partial charge < -0.3 is 14.8 Å². The van der Waals surface area contributed by atoms with E-state index in [2.05, 4.69) is 11.4 Å². The molecule has 172 valence electrons. The predicted molar refractivity (Wildman–Crippen MR) is 130 cm³/mol. The van der Waals surface area contributed by atoms with Crippen LogP contribution in [0.2, 0.25) is 5.02 Å². The van der Waals surface area contributed by atoms with Crippen molar-refractivity contribution < 1.29 is 19.2 Å². The van der Waals surface area contributed by atoms with Crippen LogP contribution < -0.4 is 14.8 Å². The Morgan fingerprint density at radius 3 is 2.50 bits per heavy atom. The number of anilines is 1. The van der Waals surface area contributed by atoms with Crippen LogP contribution in [0, 0.1) is 21.4 Å². The molecule has 9 heteroatoms. The number of ether oxygens (including phenoxy) is 2. The lowest BCUT2D eigenvalue weighted by molar-refractivity contribution is -0.384. The molecule has 34 heavy (non-hydrogen) atoms. The SMILES string of the molecule is CCOc1cc(/C=C(\C#N)c2ccc([N+](=O)[O-])cc2)ccc1OCC(=O)Nc1ccccc1Cl. The van der Waals surface area contributed by atoms with Crippen molar-refractivity contribution >= 4 is 40.5 Å². The number of nitrogens with zero attached hydrogens (tertiary/aromatic N) is 2. The molecule has 0 atom stereocenters. The maximum atomic E-state index is 12.3. The number of amides is 1. The zero-order valence-electron chi connectivity index (χ0n) is 18.2. The monoisotopic (exact) mass is 477 g/mol. The van der Waals surface area contributed by atoms with Gasteiger partial charge in [0.15, 0.2) is 18.1 Å². The van der Waals surface area contributed by atoms with E-state index in [0.29, 0.717) is 45.5 Å². The third kappa shape index (κ3) is 6.34. The molecular weight excluding hydrogens is 458 g/mol. The summed E-state index contributed by atoms with van der Waals surface area (Å²) < 4.78 is 11.3. The highest BCUT2D eigenvalue weighted by Gasteiger charge is 2.12. The minimum absolute atomic E-state index is 0.0558. The van der Waals surface area contributed by atoms with Crippen molar-refractivity contribution in [2.75, 3.05) is 18.5 Å². The molecule has 0 aliphatic heterocycles. The van der Waals surface area contributed by atoms with Crippen molar-refractivity contribution in [1.82, 2.24) is 0 Å². The summed E-state index contributed by atoms with van der Waals surface area (Å²) in [6.07, 6.45) is 1.64. The molecule has 0 saturated carbocycles. The topological polar surface area (TPSA) is 114 Å². The molecule has 1 N–H and O–H groups in total. The van der Waals surface area contributed by atoms with Crippen molar-refractivity contribution in [2.24, 2.45) is 0 Å². The van der Waals surface area contributed by atoms with Crippen LogP contribution in [0.15, 0.2) is 66.7 Å². The van der Waals surface area contributed by atoms with E-state index in [1.165, 1.54) is 24.3 Å². The normalized spacial score (nSPS) is 10.8. The van der Waals surface area contributed by atoms with Crippen molar-refractivity contribution in [3.8, 4) is 17.6 Å². The van der Waals surface area contributed by atoms with Crippen molar-refractivity contribution in [3.63, 3.8) is 0 Å².